The molecular weight excluding hydrogens is 261 g/mol. The van der Waals surface area contributed by atoms with Crippen LogP contribution in [0.2, 0.25) is 0 Å². The number of carbonyl (C=O) groups excluding carboxylic acids is 1. The SMILES string of the molecule is CC(C)NC(=O)Nc1ccc(OCC(=CF)CN)cc1. The number of halogens is 1. The number of urea groups is 1. The van der Waals surface area contributed by atoms with Gasteiger partial charge in [0.1, 0.15) is 12.4 Å². The van der Waals surface area contributed by atoms with Gasteiger partial charge in [-0.1, -0.05) is 0 Å². The molecule has 0 radical (unpaired) electrons. The van der Waals surface area contributed by atoms with Crippen molar-refractivity contribution >= 4 is 11.7 Å². The van der Waals surface area contributed by atoms with Gasteiger partial charge in [-0.15, -0.1) is 0 Å². The maximum Gasteiger partial charge on any atom is 0.319 e. The summed E-state index contributed by atoms with van der Waals surface area (Å²) in [6, 6.07) is 6.60. The monoisotopic (exact) mass is 281 g/mol. The van der Waals surface area contributed by atoms with Crippen LogP contribution in [0.15, 0.2) is 36.2 Å². The minimum absolute atomic E-state index is 0.0692. The van der Waals surface area contributed by atoms with E-state index in [9.17, 15) is 9.18 Å². The Balaban J connectivity index is 2.50. The third kappa shape index (κ3) is 5.71. The molecule has 0 unspecified atom stereocenters. The summed E-state index contributed by atoms with van der Waals surface area (Å²) < 4.78 is 17.7. The average Bonchev–Trinajstić information content (AvgIpc) is 2.40. The Bertz CT molecular complexity index is 458. The molecule has 0 aromatic heterocycles. The zero-order chi connectivity index (χ0) is 15.0. The van der Waals surface area contributed by atoms with Gasteiger partial charge in [-0.05, 0) is 38.1 Å². The van der Waals surface area contributed by atoms with E-state index in [1.54, 1.807) is 24.3 Å². The molecule has 20 heavy (non-hydrogen) atoms. The van der Waals surface area contributed by atoms with Crippen molar-refractivity contribution < 1.29 is 13.9 Å². The highest BCUT2D eigenvalue weighted by Crippen LogP contribution is 2.16. The normalized spacial score (nSPS) is 11.3. The maximum absolute atomic E-state index is 12.3. The average molecular weight is 281 g/mol. The van der Waals surface area contributed by atoms with Crippen molar-refractivity contribution in [3.8, 4) is 5.75 Å². The van der Waals surface area contributed by atoms with Crippen molar-refractivity contribution in [1.82, 2.24) is 5.32 Å². The summed E-state index contributed by atoms with van der Waals surface area (Å²) in [6.45, 7) is 3.98. The molecule has 0 saturated carbocycles. The van der Waals surface area contributed by atoms with Crippen LogP contribution in [0, 0.1) is 0 Å². The fraction of sp³-hybridized carbons (Fsp3) is 0.357. The van der Waals surface area contributed by atoms with Gasteiger partial charge in [-0.2, -0.15) is 0 Å². The topological polar surface area (TPSA) is 76.4 Å². The van der Waals surface area contributed by atoms with E-state index >= 15 is 0 Å². The molecule has 2 amide bonds. The Morgan fingerprint density at radius 2 is 2.05 bits per heavy atom. The molecule has 4 N–H and O–H groups in total. The summed E-state index contributed by atoms with van der Waals surface area (Å²) >= 11 is 0. The Morgan fingerprint density at radius 3 is 2.55 bits per heavy atom. The van der Waals surface area contributed by atoms with Gasteiger partial charge >= 0.3 is 6.03 Å². The highest BCUT2D eigenvalue weighted by Gasteiger charge is 2.03. The molecule has 1 aromatic rings. The number of hydrogen-bond donors (Lipinski definition) is 3. The van der Waals surface area contributed by atoms with Crippen LogP contribution < -0.4 is 21.1 Å². The largest absolute Gasteiger partial charge is 0.489 e. The van der Waals surface area contributed by atoms with Gasteiger partial charge in [-0.3, -0.25) is 0 Å². The predicted molar refractivity (Wildman–Crippen MR) is 77.5 cm³/mol. The lowest BCUT2D eigenvalue weighted by molar-refractivity contribution is 0.250. The van der Waals surface area contributed by atoms with E-state index in [1.165, 1.54) is 0 Å². The number of rotatable bonds is 6. The second-order valence-corrected chi connectivity index (χ2v) is 4.54. The van der Waals surface area contributed by atoms with Crippen LogP contribution in [0.3, 0.4) is 0 Å². The predicted octanol–water partition coefficient (Wildman–Crippen LogP) is 2.41. The first kappa shape index (κ1) is 16.0. The Hall–Kier alpha value is -2.08. The van der Waals surface area contributed by atoms with Gasteiger partial charge in [0.2, 0.25) is 0 Å². The van der Waals surface area contributed by atoms with Crippen LogP contribution in [0.1, 0.15) is 13.8 Å². The second-order valence-electron chi connectivity index (χ2n) is 4.54. The van der Waals surface area contributed by atoms with Gasteiger partial charge in [0.15, 0.2) is 0 Å². The van der Waals surface area contributed by atoms with Crippen LogP contribution in [-0.4, -0.2) is 25.2 Å². The van der Waals surface area contributed by atoms with Gasteiger partial charge < -0.3 is 21.1 Å². The second kappa shape index (κ2) is 8.16. The van der Waals surface area contributed by atoms with Crippen LogP contribution in [0.25, 0.3) is 0 Å². The Kier molecular flexibility index (Phi) is 6.52. The lowest BCUT2D eigenvalue weighted by Gasteiger charge is -2.11. The lowest BCUT2D eigenvalue weighted by atomic mass is 10.3. The molecule has 1 rings (SSSR count). The van der Waals surface area contributed by atoms with Crippen LogP contribution in [-0.2, 0) is 0 Å². The molecule has 110 valence electrons. The lowest BCUT2D eigenvalue weighted by Crippen LogP contribution is -2.34. The molecule has 5 nitrogen and oxygen atoms in total. The summed E-state index contributed by atoms with van der Waals surface area (Å²) in [6.07, 6.45) is 0.451. The van der Waals surface area contributed by atoms with E-state index in [-0.39, 0.29) is 25.2 Å². The van der Waals surface area contributed by atoms with Gasteiger partial charge in [0.25, 0.3) is 0 Å². The molecule has 0 fully saturated rings. The molecule has 6 heteroatoms. The summed E-state index contributed by atoms with van der Waals surface area (Å²) in [5.74, 6) is 0.576. The van der Waals surface area contributed by atoms with Crippen molar-refractivity contribution in [3.63, 3.8) is 0 Å². The number of nitrogens with one attached hydrogen (secondary N) is 2. The van der Waals surface area contributed by atoms with Crippen LogP contribution >= 0.6 is 0 Å². The summed E-state index contributed by atoms with van der Waals surface area (Å²) in [7, 11) is 0. The van der Waals surface area contributed by atoms with Gasteiger partial charge in [0, 0.05) is 23.8 Å². The van der Waals surface area contributed by atoms with E-state index in [1.807, 2.05) is 13.8 Å². The van der Waals surface area contributed by atoms with Crippen molar-refractivity contribution in [3.05, 3.63) is 36.2 Å². The first-order valence-corrected chi connectivity index (χ1v) is 6.33. The number of nitrogens with two attached hydrogens (primary N) is 1. The van der Waals surface area contributed by atoms with Crippen LogP contribution in [0.4, 0.5) is 14.9 Å². The summed E-state index contributed by atoms with van der Waals surface area (Å²) in [5, 5.41) is 5.41. The minimum atomic E-state index is -0.264. The van der Waals surface area contributed by atoms with E-state index in [0.29, 0.717) is 23.3 Å². The molecule has 1 aromatic carbocycles. The highest BCUT2D eigenvalue weighted by molar-refractivity contribution is 5.89. The number of benzene rings is 1. The number of anilines is 1. The quantitative estimate of drug-likeness (QED) is 0.749. The van der Waals surface area contributed by atoms with E-state index in [0.717, 1.165) is 0 Å². The standard InChI is InChI=1S/C14H20FN3O2/c1-10(2)17-14(19)18-12-3-5-13(6-4-12)20-9-11(7-15)8-16/h3-7,10H,8-9,16H2,1-2H3,(H2,17,18,19). The molecule has 0 aliphatic rings. The molecule has 0 spiro atoms. The maximum atomic E-state index is 12.3. The Labute approximate surface area is 118 Å². The number of ether oxygens (including phenoxy) is 1. The highest BCUT2D eigenvalue weighted by atomic mass is 19.1. The molecule has 0 heterocycles. The number of amides is 2. The van der Waals surface area contributed by atoms with Crippen molar-refractivity contribution in [2.45, 2.75) is 19.9 Å². The van der Waals surface area contributed by atoms with E-state index in [4.69, 9.17) is 10.5 Å². The number of hydrogen-bond acceptors (Lipinski definition) is 3. The molecule has 0 saturated heterocycles. The third-order valence-electron chi connectivity index (χ3n) is 2.37. The minimum Gasteiger partial charge on any atom is -0.489 e. The van der Waals surface area contributed by atoms with E-state index in [2.05, 4.69) is 10.6 Å². The fourth-order valence-electron chi connectivity index (χ4n) is 1.37. The first-order valence-electron chi connectivity index (χ1n) is 6.33. The Morgan fingerprint density at radius 1 is 1.40 bits per heavy atom. The fourth-order valence-corrected chi connectivity index (χ4v) is 1.37. The molecule has 0 bridgehead atoms. The van der Waals surface area contributed by atoms with Crippen molar-refractivity contribution in [2.75, 3.05) is 18.5 Å². The van der Waals surface area contributed by atoms with Crippen LogP contribution in [0.5, 0.6) is 5.75 Å². The zero-order valence-electron chi connectivity index (χ0n) is 11.7. The molecule has 0 atom stereocenters. The van der Waals surface area contributed by atoms with E-state index < -0.39 is 0 Å². The zero-order valence-corrected chi connectivity index (χ0v) is 11.7. The molecular formula is C14H20FN3O2. The number of carbonyl (C=O) groups is 1. The summed E-state index contributed by atoms with van der Waals surface area (Å²) in [5.41, 5.74) is 6.35. The smallest absolute Gasteiger partial charge is 0.319 e. The van der Waals surface area contributed by atoms with Crippen molar-refractivity contribution in [1.29, 1.82) is 0 Å². The van der Waals surface area contributed by atoms with Gasteiger partial charge in [-0.25, -0.2) is 9.18 Å². The first-order chi connectivity index (χ1) is 9.55. The molecule has 0 aliphatic heterocycles. The summed E-state index contributed by atoms with van der Waals surface area (Å²) in [4.78, 5) is 11.5. The van der Waals surface area contributed by atoms with Crippen molar-refractivity contribution in [2.24, 2.45) is 5.73 Å². The van der Waals surface area contributed by atoms with Gasteiger partial charge in [0.05, 0.1) is 6.33 Å². The molecule has 0 aliphatic carbocycles. The third-order valence-corrected chi connectivity index (χ3v) is 2.37.